The molecule has 1 fully saturated rings. The molecule has 1 aliphatic rings. The number of aliphatic carboxylic acids is 1. The van der Waals surface area contributed by atoms with E-state index in [1.807, 2.05) is 37.3 Å². The summed E-state index contributed by atoms with van der Waals surface area (Å²) in [5.74, 6) is -2.18. The van der Waals surface area contributed by atoms with Crippen LogP contribution in [-0.4, -0.2) is 34.0 Å². The van der Waals surface area contributed by atoms with Gasteiger partial charge in [0.1, 0.15) is 6.10 Å². The van der Waals surface area contributed by atoms with Crippen LogP contribution >= 0.6 is 0 Å². The highest BCUT2D eigenvalue weighted by Crippen LogP contribution is 2.34. The van der Waals surface area contributed by atoms with Crippen LogP contribution in [-0.2, 0) is 14.3 Å². The van der Waals surface area contributed by atoms with Gasteiger partial charge in [-0.3, -0.25) is 9.59 Å². The van der Waals surface area contributed by atoms with Crippen molar-refractivity contribution in [2.24, 2.45) is 5.92 Å². The molecule has 3 atom stereocenters. The van der Waals surface area contributed by atoms with Crippen LogP contribution in [0.5, 0.6) is 0 Å². The molecule has 0 bridgehead atoms. The molecule has 6 nitrogen and oxygen atoms in total. The van der Waals surface area contributed by atoms with E-state index in [1.165, 1.54) is 0 Å². The minimum Gasteiger partial charge on any atom is -0.481 e. The van der Waals surface area contributed by atoms with E-state index in [2.05, 4.69) is 0 Å². The number of rotatable bonds is 8. The average molecular weight is 347 g/mol. The summed E-state index contributed by atoms with van der Waals surface area (Å²) in [6.45, 7) is 3.79. The highest BCUT2D eigenvalue weighted by Gasteiger charge is 2.45. The molecule has 6 heteroatoms. The summed E-state index contributed by atoms with van der Waals surface area (Å²) in [6, 6.07) is 8.78. The zero-order valence-corrected chi connectivity index (χ0v) is 14.7. The van der Waals surface area contributed by atoms with Crippen molar-refractivity contribution in [1.82, 2.24) is 4.90 Å². The van der Waals surface area contributed by atoms with Gasteiger partial charge in [-0.1, -0.05) is 56.5 Å². The van der Waals surface area contributed by atoms with Gasteiger partial charge in [-0.05, 0) is 18.9 Å². The molecular formula is C19H25NO5. The lowest BCUT2D eigenvalue weighted by atomic mass is 9.95. The molecule has 1 heterocycles. The maximum Gasteiger partial charge on any atom is 0.417 e. The van der Waals surface area contributed by atoms with E-state index in [4.69, 9.17) is 9.84 Å². The molecule has 25 heavy (non-hydrogen) atoms. The Morgan fingerprint density at radius 2 is 1.92 bits per heavy atom. The molecule has 136 valence electrons. The number of carboxylic acid groups (broad SMARTS) is 1. The zero-order chi connectivity index (χ0) is 18.4. The zero-order valence-electron chi connectivity index (χ0n) is 14.7. The van der Waals surface area contributed by atoms with E-state index in [0.717, 1.165) is 29.7 Å². The molecule has 0 spiro atoms. The molecule has 1 N–H and O–H groups in total. The largest absolute Gasteiger partial charge is 0.481 e. The van der Waals surface area contributed by atoms with Crippen LogP contribution < -0.4 is 0 Å². The third-order valence-corrected chi connectivity index (χ3v) is 4.56. The maximum atomic E-state index is 12.8. The summed E-state index contributed by atoms with van der Waals surface area (Å²) >= 11 is 0. The van der Waals surface area contributed by atoms with Crippen LogP contribution in [0, 0.1) is 5.92 Å². The van der Waals surface area contributed by atoms with Crippen LogP contribution in [0.25, 0.3) is 0 Å². The molecular weight excluding hydrogens is 322 g/mol. The van der Waals surface area contributed by atoms with Gasteiger partial charge in [-0.2, -0.15) is 0 Å². The lowest BCUT2D eigenvalue weighted by Crippen LogP contribution is -2.42. The Hall–Kier alpha value is -2.37. The second kappa shape index (κ2) is 8.65. The highest BCUT2D eigenvalue weighted by atomic mass is 16.6. The molecule has 0 unspecified atom stereocenters. The van der Waals surface area contributed by atoms with Crippen LogP contribution in [0.2, 0.25) is 0 Å². The lowest BCUT2D eigenvalue weighted by molar-refractivity contribution is -0.144. The van der Waals surface area contributed by atoms with Crippen molar-refractivity contribution in [1.29, 1.82) is 0 Å². The number of imide groups is 1. The number of carboxylic acids is 1. The maximum absolute atomic E-state index is 12.8. The Bertz CT molecular complexity index is 616. The predicted octanol–water partition coefficient (Wildman–Crippen LogP) is 3.77. The van der Waals surface area contributed by atoms with E-state index in [9.17, 15) is 14.4 Å². The van der Waals surface area contributed by atoms with Crippen molar-refractivity contribution in [3.8, 4) is 0 Å². The molecule has 0 aliphatic carbocycles. The third-order valence-electron chi connectivity index (χ3n) is 4.56. The first-order chi connectivity index (χ1) is 12.0. The van der Waals surface area contributed by atoms with Crippen LogP contribution in [0.15, 0.2) is 30.3 Å². The van der Waals surface area contributed by atoms with Crippen LogP contribution in [0.3, 0.4) is 0 Å². The highest BCUT2D eigenvalue weighted by molar-refractivity contribution is 5.96. The van der Waals surface area contributed by atoms with Gasteiger partial charge >= 0.3 is 12.1 Å². The summed E-state index contributed by atoms with van der Waals surface area (Å²) < 4.78 is 5.39. The number of hydrogen-bond donors (Lipinski definition) is 1. The van der Waals surface area contributed by atoms with E-state index < -0.39 is 36.0 Å². The van der Waals surface area contributed by atoms with E-state index in [0.29, 0.717) is 6.42 Å². The van der Waals surface area contributed by atoms with E-state index in [-0.39, 0.29) is 6.42 Å². The number of nitrogens with zero attached hydrogens (tertiary/aromatic N) is 1. The molecule has 1 aliphatic heterocycles. The summed E-state index contributed by atoms with van der Waals surface area (Å²) in [5, 5.41) is 9.11. The van der Waals surface area contributed by atoms with Crippen LogP contribution in [0.1, 0.15) is 57.6 Å². The number of amides is 2. The lowest BCUT2D eigenvalue weighted by Gasteiger charge is -2.23. The standard InChI is InChI=1S/C19H25NO5/c1-3-4-6-11-15(12-16(21)22)18(23)20-13(2)17(25-19(20)24)14-9-7-5-8-10-14/h5,7-10,13,15,17H,3-4,6,11-12H2,1-2H3,(H,21,22)/t13-,15+,17-/m0/s1. The fraction of sp³-hybridized carbons (Fsp3) is 0.526. The van der Waals surface area contributed by atoms with Crippen molar-refractivity contribution in [3.63, 3.8) is 0 Å². The number of carbonyl (C=O) groups is 3. The number of carbonyl (C=O) groups excluding carboxylic acids is 2. The van der Waals surface area contributed by atoms with Gasteiger partial charge in [-0.25, -0.2) is 9.69 Å². The van der Waals surface area contributed by atoms with E-state index >= 15 is 0 Å². The molecule has 0 aromatic heterocycles. The van der Waals surface area contributed by atoms with Gasteiger partial charge in [0.2, 0.25) is 5.91 Å². The van der Waals surface area contributed by atoms with Gasteiger partial charge in [0.15, 0.2) is 0 Å². The Balaban J connectivity index is 2.14. The average Bonchev–Trinajstić information content (AvgIpc) is 2.88. The summed E-state index contributed by atoms with van der Waals surface area (Å²) in [4.78, 5) is 37.3. The molecule has 1 aromatic carbocycles. The quantitative estimate of drug-likeness (QED) is 0.724. The van der Waals surface area contributed by atoms with Crippen molar-refractivity contribution in [2.75, 3.05) is 0 Å². The van der Waals surface area contributed by atoms with Crippen molar-refractivity contribution in [3.05, 3.63) is 35.9 Å². The predicted molar refractivity (Wildman–Crippen MR) is 91.9 cm³/mol. The fourth-order valence-corrected chi connectivity index (χ4v) is 3.21. The van der Waals surface area contributed by atoms with Crippen LogP contribution in [0.4, 0.5) is 4.79 Å². The van der Waals surface area contributed by atoms with Gasteiger partial charge in [-0.15, -0.1) is 0 Å². The van der Waals surface area contributed by atoms with E-state index in [1.54, 1.807) is 6.92 Å². The number of benzene rings is 1. The van der Waals surface area contributed by atoms with Crippen molar-refractivity contribution < 1.29 is 24.2 Å². The Morgan fingerprint density at radius 3 is 2.52 bits per heavy atom. The summed E-state index contributed by atoms with van der Waals surface area (Å²) in [7, 11) is 0. The smallest absolute Gasteiger partial charge is 0.417 e. The normalized spacial score (nSPS) is 21.0. The monoisotopic (exact) mass is 347 g/mol. The molecule has 2 rings (SSSR count). The molecule has 1 saturated heterocycles. The Labute approximate surface area is 147 Å². The van der Waals surface area contributed by atoms with Crippen molar-refractivity contribution in [2.45, 2.75) is 58.1 Å². The third kappa shape index (κ3) is 4.59. The topological polar surface area (TPSA) is 83.9 Å². The summed E-state index contributed by atoms with van der Waals surface area (Å²) in [5.41, 5.74) is 0.819. The molecule has 0 saturated carbocycles. The molecule has 0 radical (unpaired) electrons. The minimum atomic E-state index is -1.03. The number of hydrogen-bond acceptors (Lipinski definition) is 4. The molecule has 1 aromatic rings. The number of ether oxygens (including phenoxy) is 1. The second-order valence-corrected chi connectivity index (χ2v) is 6.45. The first kappa shape index (κ1) is 19.0. The summed E-state index contributed by atoms with van der Waals surface area (Å²) in [6.07, 6.45) is 1.64. The van der Waals surface area contributed by atoms with Crippen molar-refractivity contribution >= 4 is 18.0 Å². The van der Waals surface area contributed by atoms with Gasteiger partial charge < -0.3 is 9.84 Å². The number of unbranched alkanes of at least 4 members (excludes halogenated alkanes) is 2. The SMILES string of the molecule is CCCCC[C@H](CC(=O)O)C(=O)N1C(=O)O[C@H](c2ccccc2)[C@@H]1C. The fourth-order valence-electron chi connectivity index (χ4n) is 3.21. The van der Waals surface area contributed by atoms with Gasteiger partial charge in [0.25, 0.3) is 0 Å². The first-order valence-electron chi connectivity index (χ1n) is 8.76. The second-order valence-electron chi connectivity index (χ2n) is 6.45. The Kier molecular flexibility index (Phi) is 6.56. The minimum absolute atomic E-state index is 0.269. The Morgan fingerprint density at radius 1 is 1.24 bits per heavy atom. The molecule has 2 amide bonds. The number of cyclic esters (lactones) is 1. The van der Waals surface area contributed by atoms with Gasteiger partial charge in [0.05, 0.1) is 12.5 Å². The first-order valence-corrected chi connectivity index (χ1v) is 8.76. The van der Waals surface area contributed by atoms with Gasteiger partial charge in [0, 0.05) is 5.92 Å².